The van der Waals surface area contributed by atoms with Crippen LogP contribution in [0.1, 0.15) is 18.7 Å². The highest BCUT2D eigenvalue weighted by atomic mass is 35.5. The molecule has 0 aromatic carbocycles. The van der Waals surface area contributed by atoms with Crippen molar-refractivity contribution in [3.63, 3.8) is 0 Å². The van der Waals surface area contributed by atoms with Gasteiger partial charge in [-0.15, -0.1) is 0 Å². The van der Waals surface area contributed by atoms with Crippen molar-refractivity contribution in [2.24, 2.45) is 0 Å². The number of halogens is 1. The number of carbonyl (C=O) groups is 1. The second-order valence-electron chi connectivity index (χ2n) is 4.81. The zero-order valence-corrected chi connectivity index (χ0v) is 12.6. The first-order valence-electron chi connectivity index (χ1n) is 6.39. The van der Waals surface area contributed by atoms with E-state index in [4.69, 9.17) is 21.1 Å². The Labute approximate surface area is 123 Å². The number of rotatable bonds is 4. The fourth-order valence-corrected chi connectivity index (χ4v) is 2.94. The monoisotopic (exact) mass is 299 g/mol. The van der Waals surface area contributed by atoms with Crippen LogP contribution in [0, 0.1) is 6.92 Å². The molecular formula is C13H18ClN3O3. The van der Waals surface area contributed by atoms with Gasteiger partial charge in [-0.05, 0) is 19.8 Å². The number of aryl methyl sites for hydroxylation is 1. The molecule has 1 aliphatic heterocycles. The summed E-state index contributed by atoms with van der Waals surface area (Å²) in [6.45, 7) is 2.72. The van der Waals surface area contributed by atoms with Crippen LogP contribution in [0.2, 0.25) is 5.15 Å². The molecule has 20 heavy (non-hydrogen) atoms. The van der Waals surface area contributed by atoms with E-state index in [1.165, 1.54) is 7.11 Å². The summed E-state index contributed by atoms with van der Waals surface area (Å²) in [5.41, 5.74) is -0.840. The summed E-state index contributed by atoms with van der Waals surface area (Å²) in [5.74, 6) is 0.877. The number of esters is 1. The van der Waals surface area contributed by atoms with Gasteiger partial charge in [0.2, 0.25) is 0 Å². The van der Waals surface area contributed by atoms with Crippen molar-refractivity contribution in [1.82, 2.24) is 9.97 Å². The SMILES string of the molecule is COCC1(C(=O)OC)CCCN1c1cc(Cl)nc(C)n1. The average molecular weight is 300 g/mol. The molecule has 1 aromatic rings. The van der Waals surface area contributed by atoms with Gasteiger partial charge in [-0.2, -0.15) is 0 Å². The van der Waals surface area contributed by atoms with Gasteiger partial charge in [0.1, 0.15) is 16.8 Å². The molecular weight excluding hydrogens is 282 g/mol. The largest absolute Gasteiger partial charge is 0.467 e. The standard InChI is InChI=1S/C13H18ClN3O3/c1-9-15-10(14)7-11(16-9)17-6-4-5-13(17,8-19-2)12(18)20-3/h7H,4-6,8H2,1-3H3. The second-order valence-corrected chi connectivity index (χ2v) is 5.19. The van der Waals surface area contributed by atoms with E-state index in [-0.39, 0.29) is 12.6 Å². The molecule has 1 aromatic heterocycles. The third kappa shape index (κ3) is 2.58. The zero-order chi connectivity index (χ0) is 14.8. The summed E-state index contributed by atoms with van der Waals surface area (Å²) in [7, 11) is 2.95. The van der Waals surface area contributed by atoms with Crippen LogP contribution in [0.4, 0.5) is 5.82 Å². The van der Waals surface area contributed by atoms with Crippen LogP contribution in [0.25, 0.3) is 0 Å². The number of methoxy groups -OCH3 is 2. The Bertz CT molecular complexity index is 491. The van der Waals surface area contributed by atoms with Gasteiger partial charge in [-0.3, -0.25) is 0 Å². The Kier molecular flexibility index (Phi) is 4.45. The molecule has 0 aliphatic carbocycles. The van der Waals surface area contributed by atoms with Gasteiger partial charge in [-0.1, -0.05) is 11.6 Å². The average Bonchev–Trinajstić information content (AvgIpc) is 2.82. The van der Waals surface area contributed by atoms with Crippen molar-refractivity contribution < 1.29 is 14.3 Å². The fourth-order valence-electron chi connectivity index (χ4n) is 2.72. The van der Waals surface area contributed by atoms with E-state index in [9.17, 15) is 4.79 Å². The molecule has 0 spiro atoms. The van der Waals surface area contributed by atoms with Gasteiger partial charge in [-0.25, -0.2) is 14.8 Å². The maximum atomic E-state index is 12.3. The number of nitrogens with zero attached hydrogens (tertiary/aromatic N) is 3. The minimum atomic E-state index is -0.840. The van der Waals surface area contributed by atoms with Crippen molar-refractivity contribution in [2.45, 2.75) is 25.3 Å². The van der Waals surface area contributed by atoms with E-state index < -0.39 is 5.54 Å². The number of aromatic nitrogens is 2. The number of carbonyl (C=O) groups excluding carboxylic acids is 1. The molecule has 0 N–H and O–H groups in total. The maximum Gasteiger partial charge on any atom is 0.334 e. The molecule has 7 heteroatoms. The molecule has 0 bridgehead atoms. The number of hydrogen-bond acceptors (Lipinski definition) is 6. The lowest BCUT2D eigenvalue weighted by Crippen LogP contribution is -2.55. The number of ether oxygens (including phenoxy) is 2. The van der Waals surface area contributed by atoms with E-state index in [0.717, 1.165) is 6.42 Å². The molecule has 0 radical (unpaired) electrons. The molecule has 1 unspecified atom stereocenters. The Morgan fingerprint density at radius 1 is 1.50 bits per heavy atom. The van der Waals surface area contributed by atoms with Crippen LogP contribution in [0.5, 0.6) is 0 Å². The molecule has 6 nitrogen and oxygen atoms in total. The smallest absolute Gasteiger partial charge is 0.334 e. The van der Waals surface area contributed by atoms with Gasteiger partial charge in [0, 0.05) is 19.7 Å². The predicted molar refractivity (Wildman–Crippen MR) is 75.0 cm³/mol. The molecule has 0 saturated carbocycles. The fraction of sp³-hybridized carbons (Fsp3) is 0.615. The summed E-state index contributed by atoms with van der Waals surface area (Å²) < 4.78 is 10.2. The molecule has 2 rings (SSSR count). The van der Waals surface area contributed by atoms with Gasteiger partial charge in [0.05, 0.1) is 13.7 Å². The number of hydrogen-bond donors (Lipinski definition) is 0. The maximum absolute atomic E-state index is 12.3. The molecule has 1 atom stereocenters. The Balaban J connectivity index is 2.44. The Morgan fingerprint density at radius 3 is 2.85 bits per heavy atom. The highest BCUT2D eigenvalue weighted by Gasteiger charge is 2.49. The van der Waals surface area contributed by atoms with Crippen molar-refractivity contribution in [2.75, 3.05) is 32.3 Å². The van der Waals surface area contributed by atoms with Crippen LogP contribution in [-0.2, 0) is 14.3 Å². The quantitative estimate of drug-likeness (QED) is 0.621. The van der Waals surface area contributed by atoms with Crippen LogP contribution >= 0.6 is 11.6 Å². The van der Waals surface area contributed by atoms with Gasteiger partial charge in [0.15, 0.2) is 5.54 Å². The minimum Gasteiger partial charge on any atom is -0.467 e. The molecule has 1 aliphatic rings. The van der Waals surface area contributed by atoms with E-state index in [0.29, 0.717) is 29.8 Å². The molecule has 110 valence electrons. The first-order chi connectivity index (χ1) is 9.53. The van der Waals surface area contributed by atoms with E-state index in [1.807, 2.05) is 4.90 Å². The lowest BCUT2D eigenvalue weighted by molar-refractivity contribution is -0.148. The van der Waals surface area contributed by atoms with Gasteiger partial charge < -0.3 is 14.4 Å². The summed E-state index contributed by atoms with van der Waals surface area (Å²) in [5, 5.41) is 0.357. The molecule has 0 amide bonds. The topological polar surface area (TPSA) is 64.6 Å². The van der Waals surface area contributed by atoms with Crippen LogP contribution in [0.15, 0.2) is 6.07 Å². The lowest BCUT2D eigenvalue weighted by Gasteiger charge is -2.36. The molecule has 2 heterocycles. The lowest BCUT2D eigenvalue weighted by atomic mass is 9.97. The first kappa shape index (κ1) is 15.0. The van der Waals surface area contributed by atoms with Crippen molar-refractivity contribution in [3.8, 4) is 0 Å². The summed E-state index contributed by atoms with van der Waals surface area (Å²) in [4.78, 5) is 22.6. The summed E-state index contributed by atoms with van der Waals surface area (Å²) >= 11 is 5.99. The van der Waals surface area contributed by atoms with Crippen LogP contribution in [-0.4, -0.2) is 48.8 Å². The van der Waals surface area contributed by atoms with Crippen LogP contribution in [0.3, 0.4) is 0 Å². The van der Waals surface area contributed by atoms with E-state index in [1.54, 1.807) is 20.1 Å². The van der Waals surface area contributed by atoms with E-state index in [2.05, 4.69) is 9.97 Å². The normalized spacial score (nSPS) is 22.1. The summed E-state index contributed by atoms with van der Waals surface area (Å²) in [6, 6.07) is 1.66. The van der Waals surface area contributed by atoms with Crippen molar-refractivity contribution in [3.05, 3.63) is 17.0 Å². The molecule has 1 fully saturated rings. The third-order valence-electron chi connectivity index (χ3n) is 3.51. The zero-order valence-electron chi connectivity index (χ0n) is 11.9. The predicted octanol–water partition coefficient (Wildman–Crippen LogP) is 1.60. The highest BCUT2D eigenvalue weighted by molar-refractivity contribution is 6.29. The Morgan fingerprint density at radius 2 is 2.25 bits per heavy atom. The summed E-state index contributed by atoms with van der Waals surface area (Å²) in [6.07, 6.45) is 1.52. The molecule has 1 saturated heterocycles. The highest BCUT2D eigenvalue weighted by Crippen LogP contribution is 2.35. The van der Waals surface area contributed by atoms with E-state index >= 15 is 0 Å². The second kappa shape index (κ2) is 5.93. The van der Waals surface area contributed by atoms with Crippen molar-refractivity contribution in [1.29, 1.82) is 0 Å². The Hall–Kier alpha value is -1.40. The van der Waals surface area contributed by atoms with Crippen molar-refractivity contribution >= 4 is 23.4 Å². The third-order valence-corrected chi connectivity index (χ3v) is 3.70. The first-order valence-corrected chi connectivity index (χ1v) is 6.77. The van der Waals surface area contributed by atoms with Gasteiger partial charge >= 0.3 is 5.97 Å². The number of anilines is 1. The minimum absolute atomic E-state index is 0.250. The van der Waals surface area contributed by atoms with Gasteiger partial charge in [0.25, 0.3) is 0 Å². The van der Waals surface area contributed by atoms with Crippen LogP contribution < -0.4 is 4.90 Å².